The zero-order valence-electron chi connectivity index (χ0n) is 19.2. The highest BCUT2D eigenvalue weighted by Gasteiger charge is 2.60. The Morgan fingerprint density at radius 2 is 1.94 bits per heavy atom. The average molecular weight is 450 g/mol. The van der Waals surface area contributed by atoms with Crippen LogP contribution in [0, 0.1) is 5.92 Å². The number of nitrogens with zero attached hydrogens (tertiary/aromatic N) is 5. The molecule has 1 aliphatic heterocycles. The topological polar surface area (TPSA) is 74.6 Å². The summed E-state index contributed by atoms with van der Waals surface area (Å²) in [5.41, 5.74) is 2.45. The smallest absolute Gasteiger partial charge is 0.213 e. The van der Waals surface area contributed by atoms with E-state index in [4.69, 9.17) is 4.74 Å². The van der Waals surface area contributed by atoms with Gasteiger partial charge in [-0.3, -0.25) is 4.90 Å². The molecule has 1 saturated carbocycles. The van der Waals surface area contributed by atoms with Gasteiger partial charge in [-0.05, 0) is 67.8 Å². The molecule has 0 radical (unpaired) electrons. The van der Waals surface area contributed by atoms with Gasteiger partial charge >= 0.3 is 0 Å². The maximum atomic E-state index is 15.3. The molecule has 1 saturated heterocycles. The van der Waals surface area contributed by atoms with Crippen LogP contribution in [0.2, 0.25) is 0 Å². The van der Waals surface area contributed by atoms with E-state index in [2.05, 4.69) is 20.1 Å². The van der Waals surface area contributed by atoms with Gasteiger partial charge in [0.15, 0.2) is 5.82 Å². The van der Waals surface area contributed by atoms with Crippen LogP contribution in [0.3, 0.4) is 0 Å². The van der Waals surface area contributed by atoms with Crippen molar-refractivity contribution in [3.8, 4) is 34.0 Å². The van der Waals surface area contributed by atoms with Crippen LogP contribution in [-0.2, 0) is 0 Å². The Balaban J connectivity index is 1.37. The number of aromatic hydroxyl groups is 1. The first kappa shape index (κ1) is 21.6. The van der Waals surface area contributed by atoms with Crippen molar-refractivity contribution in [3.63, 3.8) is 0 Å². The molecule has 5 rings (SSSR count). The van der Waals surface area contributed by atoms with Gasteiger partial charge in [0.1, 0.15) is 11.9 Å². The van der Waals surface area contributed by atoms with Gasteiger partial charge in [0.05, 0.1) is 24.4 Å². The van der Waals surface area contributed by atoms with Crippen molar-refractivity contribution < 1.29 is 14.2 Å². The predicted octanol–water partition coefficient (Wildman–Crippen LogP) is 3.79. The molecule has 4 atom stereocenters. The highest BCUT2D eigenvalue weighted by Crippen LogP contribution is 2.49. The maximum Gasteiger partial charge on any atom is 0.213 e. The Bertz CT molecular complexity index is 1170. The molecule has 2 aromatic heterocycles. The Morgan fingerprint density at radius 1 is 1.15 bits per heavy atom. The normalized spacial score (nSPS) is 26.5. The lowest BCUT2D eigenvalue weighted by Gasteiger charge is -2.42. The van der Waals surface area contributed by atoms with Crippen molar-refractivity contribution in [2.75, 3.05) is 32.6 Å². The number of methoxy groups -OCH3 is 1. The first-order chi connectivity index (χ1) is 15.8. The number of pyridine rings is 1. The summed E-state index contributed by atoms with van der Waals surface area (Å²) in [7, 11) is 5.46. The largest absolute Gasteiger partial charge is 0.507 e. The van der Waals surface area contributed by atoms with Gasteiger partial charge in [-0.1, -0.05) is 6.07 Å². The van der Waals surface area contributed by atoms with E-state index in [1.165, 1.54) is 0 Å². The first-order valence-electron chi connectivity index (χ1n) is 11.1. The van der Waals surface area contributed by atoms with Crippen molar-refractivity contribution in [2.24, 2.45) is 5.92 Å². The van der Waals surface area contributed by atoms with Gasteiger partial charge in [-0.2, -0.15) is 0 Å². The molecule has 3 heterocycles. The number of halogens is 1. The molecule has 1 N–H and O–H groups in total. The number of piperidine rings is 1. The van der Waals surface area contributed by atoms with Crippen molar-refractivity contribution in [3.05, 3.63) is 48.7 Å². The second-order valence-corrected chi connectivity index (χ2v) is 9.30. The third-order valence-electron chi connectivity index (χ3n) is 7.44. The molecule has 3 aromatic rings. The molecule has 7 nitrogen and oxygen atoms in total. The number of phenols is 1. The van der Waals surface area contributed by atoms with Crippen LogP contribution >= 0.6 is 0 Å². The van der Waals surface area contributed by atoms with E-state index in [0.717, 1.165) is 24.1 Å². The number of likely N-dealkylation sites (tertiary alicyclic amines) is 1. The lowest BCUT2D eigenvalue weighted by Crippen LogP contribution is -2.57. The van der Waals surface area contributed by atoms with E-state index in [0.29, 0.717) is 23.0 Å². The number of phenolic OH excluding ortho intramolecular Hbond substituents is 1. The number of ether oxygens (including phenoxy) is 1. The molecule has 8 heteroatoms. The first-order valence-corrected chi connectivity index (χ1v) is 11.1. The fraction of sp³-hybridized carbons (Fsp3) is 0.400. The van der Waals surface area contributed by atoms with Crippen LogP contribution in [0.15, 0.2) is 48.7 Å². The van der Waals surface area contributed by atoms with Crippen molar-refractivity contribution in [2.45, 2.75) is 31.1 Å². The minimum atomic E-state index is -0.948. The number of rotatable bonds is 5. The van der Waals surface area contributed by atoms with Gasteiger partial charge in [-0.15, -0.1) is 10.2 Å². The van der Waals surface area contributed by atoms with Crippen molar-refractivity contribution in [1.82, 2.24) is 20.1 Å². The van der Waals surface area contributed by atoms with Crippen LogP contribution < -0.4 is 9.64 Å². The summed E-state index contributed by atoms with van der Waals surface area (Å²) in [4.78, 5) is 8.17. The molecule has 0 amide bonds. The number of aromatic nitrogens is 3. The quantitative estimate of drug-likeness (QED) is 0.635. The standard InChI is InChI=1S/C25H28FN5O2/c1-25-13-17(14-30(25)2)23(24(25)26)31(3)21-8-7-19(28-29-21)18-6-5-15(11-20(18)32)16-9-10-27-22(12-16)33-4/h5-12,17,23-24,32H,13-14H2,1-4H3/t17-,23-,24+,25-/m0/s1. The minimum Gasteiger partial charge on any atom is -0.507 e. The molecule has 2 fully saturated rings. The zero-order valence-corrected chi connectivity index (χ0v) is 19.2. The molecule has 2 bridgehead atoms. The summed E-state index contributed by atoms with van der Waals surface area (Å²) in [5.74, 6) is 1.51. The van der Waals surface area contributed by atoms with Gasteiger partial charge in [0.2, 0.25) is 5.88 Å². The summed E-state index contributed by atoms with van der Waals surface area (Å²) in [5, 5.41) is 19.4. The fourth-order valence-corrected chi connectivity index (χ4v) is 5.42. The summed E-state index contributed by atoms with van der Waals surface area (Å²) in [6.07, 6.45) is 1.57. The van der Waals surface area contributed by atoms with Crippen LogP contribution in [0.1, 0.15) is 13.3 Å². The second kappa shape index (κ2) is 7.95. The van der Waals surface area contributed by atoms with Crippen molar-refractivity contribution >= 4 is 5.82 Å². The average Bonchev–Trinajstić information content (AvgIpc) is 3.27. The lowest BCUT2D eigenvalue weighted by atomic mass is 9.95. The summed E-state index contributed by atoms with van der Waals surface area (Å²) >= 11 is 0. The molecule has 0 unspecified atom stereocenters. The Morgan fingerprint density at radius 3 is 2.58 bits per heavy atom. The molecule has 172 valence electrons. The van der Waals surface area contributed by atoms with E-state index in [9.17, 15) is 5.11 Å². The molecular weight excluding hydrogens is 421 g/mol. The lowest BCUT2D eigenvalue weighted by molar-refractivity contribution is 0.0572. The maximum absolute atomic E-state index is 15.3. The minimum absolute atomic E-state index is 0.103. The SMILES string of the molecule is COc1cc(-c2ccc(-c3ccc(N(C)[C@H]4[C@@H]5CN(C)[C@@](C)(C5)[C@@H]4F)nn3)c(O)c2)ccn1. The second-order valence-electron chi connectivity index (χ2n) is 9.30. The third kappa shape index (κ3) is 3.49. The number of alkyl halides is 1. The summed E-state index contributed by atoms with van der Waals surface area (Å²) in [6.45, 7) is 2.90. The summed E-state index contributed by atoms with van der Waals surface area (Å²) in [6, 6.07) is 12.5. The Labute approximate surface area is 192 Å². The van der Waals surface area contributed by atoms with Crippen LogP contribution in [0.5, 0.6) is 11.6 Å². The highest BCUT2D eigenvalue weighted by atomic mass is 19.1. The highest BCUT2D eigenvalue weighted by molar-refractivity contribution is 5.74. The monoisotopic (exact) mass is 449 g/mol. The molecular formula is C25H28FN5O2. The van der Waals surface area contributed by atoms with Gasteiger partial charge < -0.3 is 14.7 Å². The van der Waals surface area contributed by atoms with Gasteiger partial charge in [0.25, 0.3) is 0 Å². The predicted molar refractivity (Wildman–Crippen MR) is 125 cm³/mol. The number of benzene rings is 1. The van der Waals surface area contributed by atoms with E-state index in [1.54, 1.807) is 19.4 Å². The van der Waals surface area contributed by atoms with E-state index >= 15 is 4.39 Å². The molecule has 33 heavy (non-hydrogen) atoms. The van der Waals surface area contributed by atoms with E-state index in [-0.39, 0.29) is 17.7 Å². The zero-order chi connectivity index (χ0) is 23.3. The van der Waals surface area contributed by atoms with E-state index < -0.39 is 11.7 Å². The van der Waals surface area contributed by atoms with Gasteiger partial charge in [-0.25, -0.2) is 9.37 Å². The fourth-order valence-electron chi connectivity index (χ4n) is 5.42. The Kier molecular flexibility index (Phi) is 5.20. The third-order valence-corrected chi connectivity index (χ3v) is 7.44. The summed E-state index contributed by atoms with van der Waals surface area (Å²) < 4.78 is 20.5. The van der Waals surface area contributed by atoms with Crippen LogP contribution in [0.25, 0.3) is 22.4 Å². The number of anilines is 1. The van der Waals surface area contributed by atoms with Crippen LogP contribution in [0.4, 0.5) is 10.2 Å². The Hall–Kier alpha value is -3.26. The van der Waals surface area contributed by atoms with Gasteiger partial charge in [0, 0.05) is 31.4 Å². The molecule has 2 aliphatic rings. The molecule has 0 spiro atoms. The van der Waals surface area contributed by atoms with E-state index in [1.807, 2.05) is 62.3 Å². The van der Waals surface area contributed by atoms with Crippen LogP contribution in [-0.4, -0.2) is 70.7 Å². The molecule has 1 aromatic carbocycles. The number of fused-ring (bicyclic) bond motifs is 2. The number of hydrogen-bond acceptors (Lipinski definition) is 7. The number of hydrogen-bond donors (Lipinski definition) is 1. The molecule has 1 aliphatic carbocycles. The van der Waals surface area contributed by atoms with Crippen molar-refractivity contribution in [1.29, 1.82) is 0 Å².